The SMILES string of the molecule is CC(C)C[C@H](NP(=O)(O)O[C@H]1O[C@@H](C)[C@H](O)[C@@H](O)[C@H]1O)C(=O)N[C@@H](Cc1c[nH]c2ccccc12)C(=O)O. The highest BCUT2D eigenvalue weighted by atomic mass is 31.2. The van der Waals surface area contributed by atoms with Crippen LogP contribution < -0.4 is 10.4 Å². The van der Waals surface area contributed by atoms with Gasteiger partial charge >= 0.3 is 13.7 Å². The zero-order valence-electron chi connectivity index (χ0n) is 20.6. The van der Waals surface area contributed by atoms with Crippen molar-refractivity contribution in [3.8, 4) is 0 Å². The number of carbonyl (C=O) groups is 2. The van der Waals surface area contributed by atoms with Crippen LogP contribution in [-0.2, 0) is 29.8 Å². The van der Waals surface area contributed by atoms with Crippen LogP contribution in [-0.4, -0.2) is 85.0 Å². The average molecular weight is 544 g/mol. The normalized spacial score (nSPS) is 27.5. The zero-order valence-corrected chi connectivity index (χ0v) is 21.5. The minimum Gasteiger partial charge on any atom is -0.480 e. The molecule has 1 aliphatic heterocycles. The standard InChI is InChI=1S/C23H34N3O10P/c1-11(2)8-16(26-37(33,34)36-23-20(29)19(28)18(27)12(3)35-23)21(30)25-17(22(31)32)9-13-10-24-15-7-5-4-6-14(13)15/h4-7,10-12,16-20,23-24,27-29H,8-9H2,1-3H3,(H,25,30)(H,31,32)(H2,26,33,34)/t12-,16-,17-,18-,19+,20+,23+/m0/s1. The molecule has 1 aliphatic rings. The number of aromatic amines is 1. The van der Waals surface area contributed by atoms with Crippen LogP contribution in [0.3, 0.4) is 0 Å². The summed E-state index contributed by atoms with van der Waals surface area (Å²) >= 11 is 0. The molecule has 1 saturated heterocycles. The van der Waals surface area contributed by atoms with Crippen LogP contribution in [0, 0.1) is 5.92 Å². The molecular weight excluding hydrogens is 509 g/mol. The molecule has 8 N–H and O–H groups in total. The van der Waals surface area contributed by atoms with Crippen LogP contribution in [0.1, 0.15) is 32.8 Å². The van der Waals surface area contributed by atoms with E-state index in [2.05, 4.69) is 15.4 Å². The van der Waals surface area contributed by atoms with Crippen LogP contribution in [0.15, 0.2) is 30.5 Å². The van der Waals surface area contributed by atoms with Gasteiger partial charge in [-0.3, -0.25) is 9.32 Å². The molecule has 14 heteroatoms. The first-order valence-electron chi connectivity index (χ1n) is 11.9. The summed E-state index contributed by atoms with van der Waals surface area (Å²) in [6.07, 6.45) is -6.08. The Bertz CT molecular complexity index is 1140. The summed E-state index contributed by atoms with van der Waals surface area (Å²) < 4.78 is 23.0. The lowest BCUT2D eigenvalue weighted by atomic mass is 10.0. The summed E-state index contributed by atoms with van der Waals surface area (Å²) in [5, 5.41) is 45.0. The summed E-state index contributed by atoms with van der Waals surface area (Å²) in [5.41, 5.74) is 1.48. The van der Waals surface area contributed by atoms with Gasteiger partial charge in [0.25, 0.3) is 0 Å². The second kappa shape index (κ2) is 12.0. The summed E-state index contributed by atoms with van der Waals surface area (Å²) in [4.78, 5) is 38.5. The fourth-order valence-electron chi connectivity index (χ4n) is 4.15. The number of fused-ring (bicyclic) bond motifs is 1. The monoisotopic (exact) mass is 543 g/mol. The average Bonchev–Trinajstić information content (AvgIpc) is 3.22. The maximum absolute atomic E-state index is 13.1. The molecule has 1 aromatic carbocycles. The van der Waals surface area contributed by atoms with Gasteiger partial charge in [-0.05, 0) is 30.9 Å². The Labute approximate surface area is 213 Å². The second-order valence-corrected chi connectivity index (χ2v) is 11.1. The van der Waals surface area contributed by atoms with Gasteiger partial charge in [-0.15, -0.1) is 0 Å². The molecule has 1 amide bonds. The number of para-hydroxylation sites is 1. The molecule has 0 radical (unpaired) electrons. The van der Waals surface area contributed by atoms with Crippen molar-refractivity contribution in [2.75, 3.05) is 0 Å². The number of H-pyrrole nitrogens is 1. The summed E-state index contributed by atoms with van der Waals surface area (Å²) in [6.45, 7) is 4.90. The zero-order chi connectivity index (χ0) is 27.5. The highest BCUT2D eigenvalue weighted by molar-refractivity contribution is 7.50. The van der Waals surface area contributed by atoms with E-state index >= 15 is 0 Å². The quantitative estimate of drug-likeness (QED) is 0.180. The van der Waals surface area contributed by atoms with Crippen molar-refractivity contribution in [1.82, 2.24) is 15.4 Å². The lowest BCUT2D eigenvalue weighted by Gasteiger charge is -2.39. The number of aliphatic hydroxyl groups is 3. The highest BCUT2D eigenvalue weighted by Crippen LogP contribution is 2.42. The number of benzene rings is 1. The van der Waals surface area contributed by atoms with E-state index < -0.39 is 62.4 Å². The number of rotatable bonds is 11. The molecule has 206 valence electrons. The van der Waals surface area contributed by atoms with E-state index in [9.17, 15) is 39.5 Å². The van der Waals surface area contributed by atoms with Crippen LogP contribution in [0.2, 0.25) is 0 Å². The predicted molar refractivity (Wildman–Crippen MR) is 131 cm³/mol. The van der Waals surface area contributed by atoms with Gasteiger partial charge in [0.05, 0.1) is 12.1 Å². The van der Waals surface area contributed by atoms with Gasteiger partial charge in [0, 0.05) is 23.5 Å². The van der Waals surface area contributed by atoms with Crippen molar-refractivity contribution < 1.29 is 48.7 Å². The third kappa shape index (κ3) is 7.37. The van der Waals surface area contributed by atoms with Gasteiger partial charge in [0.1, 0.15) is 24.4 Å². The topological polar surface area (TPSA) is 211 Å². The Morgan fingerprint density at radius 2 is 1.81 bits per heavy atom. The van der Waals surface area contributed by atoms with Crippen LogP contribution in [0.25, 0.3) is 10.9 Å². The number of nitrogens with one attached hydrogen (secondary N) is 3. The molecular formula is C23H34N3O10P. The molecule has 3 rings (SSSR count). The molecule has 2 heterocycles. The van der Waals surface area contributed by atoms with E-state index in [1.807, 2.05) is 24.3 Å². The fourth-order valence-corrected chi connectivity index (χ4v) is 5.28. The van der Waals surface area contributed by atoms with Gasteiger partial charge in [0.15, 0.2) is 6.29 Å². The molecule has 2 aromatic rings. The number of hydrogen-bond acceptors (Lipinski definition) is 8. The van der Waals surface area contributed by atoms with Gasteiger partial charge in [-0.25, -0.2) is 14.4 Å². The number of carboxylic acids is 1. The van der Waals surface area contributed by atoms with E-state index in [1.165, 1.54) is 6.92 Å². The molecule has 13 nitrogen and oxygen atoms in total. The molecule has 0 spiro atoms. The molecule has 0 aliphatic carbocycles. The van der Waals surface area contributed by atoms with Crippen molar-refractivity contribution >= 4 is 30.5 Å². The van der Waals surface area contributed by atoms with Gasteiger partial charge in [0.2, 0.25) is 5.91 Å². The summed E-state index contributed by atoms with van der Waals surface area (Å²) in [6, 6.07) is 4.63. The third-order valence-electron chi connectivity index (χ3n) is 6.11. The van der Waals surface area contributed by atoms with Gasteiger partial charge in [-0.2, -0.15) is 0 Å². The molecule has 1 aromatic heterocycles. The summed E-state index contributed by atoms with van der Waals surface area (Å²) in [7, 11) is -4.83. The fraction of sp³-hybridized carbons (Fsp3) is 0.565. The molecule has 1 fully saturated rings. The van der Waals surface area contributed by atoms with E-state index in [1.54, 1.807) is 20.0 Å². The first-order valence-corrected chi connectivity index (χ1v) is 13.4. The Morgan fingerprint density at radius 1 is 1.14 bits per heavy atom. The number of hydrogen-bond donors (Lipinski definition) is 8. The lowest BCUT2D eigenvalue weighted by Crippen LogP contribution is -2.57. The van der Waals surface area contributed by atoms with Crippen molar-refractivity contribution in [2.24, 2.45) is 5.92 Å². The number of carboxylic acid groups (broad SMARTS) is 1. The van der Waals surface area contributed by atoms with Crippen molar-refractivity contribution in [2.45, 2.75) is 76.4 Å². The number of aliphatic carboxylic acids is 1. The maximum Gasteiger partial charge on any atom is 0.406 e. The number of aromatic nitrogens is 1. The van der Waals surface area contributed by atoms with Gasteiger partial charge in [-0.1, -0.05) is 32.0 Å². The van der Waals surface area contributed by atoms with Crippen molar-refractivity contribution in [3.05, 3.63) is 36.0 Å². The Kier molecular flexibility index (Phi) is 9.48. The van der Waals surface area contributed by atoms with Crippen LogP contribution >= 0.6 is 7.75 Å². The number of aliphatic hydroxyl groups excluding tert-OH is 3. The maximum atomic E-state index is 13.1. The third-order valence-corrected chi connectivity index (χ3v) is 7.24. The van der Waals surface area contributed by atoms with E-state index in [0.29, 0.717) is 5.56 Å². The van der Waals surface area contributed by atoms with E-state index in [0.717, 1.165) is 10.9 Å². The summed E-state index contributed by atoms with van der Waals surface area (Å²) in [5.74, 6) is -2.27. The predicted octanol–water partition coefficient (Wildman–Crippen LogP) is 0.229. The van der Waals surface area contributed by atoms with Crippen molar-refractivity contribution in [3.63, 3.8) is 0 Å². The van der Waals surface area contributed by atoms with Gasteiger partial charge < -0.3 is 40.4 Å². The second-order valence-electron chi connectivity index (χ2n) is 9.58. The van der Waals surface area contributed by atoms with Crippen molar-refractivity contribution in [1.29, 1.82) is 0 Å². The first-order chi connectivity index (χ1) is 17.3. The Hall–Kier alpha value is -2.35. The van der Waals surface area contributed by atoms with Crippen LogP contribution in [0.5, 0.6) is 0 Å². The Morgan fingerprint density at radius 3 is 2.46 bits per heavy atom. The molecule has 8 atom stereocenters. The molecule has 37 heavy (non-hydrogen) atoms. The first kappa shape index (κ1) is 29.2. The van der Waals surface area contributed by atoms with Crippen LogP contribution in [0.4, 0.5) is 0 Å². The Balaban J connectivity index is 1.72. The number of amides is 1. The smallest absolute Gasteiger partial charge is 0.406 e. The number of ether oxygens (including phenoxy) is 1. The number of carbonyl (C=O) groups excluding carboxylic acids is 1. The molecule has 0 bridgehead atoms. The largest absolute Gasteiger partial charge is 0.480 e. The minimum atomic E-state index is -4.83. The lowest BCUT2D eigenvalue weighted by molar-refractivity contribution is -0.270. The molecule has 1 unspecified atom stereocenters. The van der Waals surface area contributed by atoms with E-state index in [4.69, 9.17) is 9.26 Å². The minimum absolute atomic E-state index is 0.0347. The van der Waals surface area contributed by atoms with E-state index in [-0.39, 0.29) is 18.8 Å². The molecule has 0 saturated carbocycles. The highest BCUT2D eigenvalue weighted by Gasteiger charge is 2.45.